The topological polar surface area (TPSA) is 73.9 Å². The van der Waals surface area contributed by atoms with Crippen LogP contribution >= 0.6 is 0 Å². The molecule has 0 bridgehead atoms. The summed E-state index contributed by atoms with van der Waals surface area (Å²) in [5, 5.41) is 6.17. The summed E-state index contributed by atoms with van der Waals surface area (Å²) < 4.78 is 5.51. The van der Waals surface area contributed by atoms with Gasteiger partial charge in [0.1, 0.15) is 6.04 Å². The van der Waals surface area contributed by atoms with Gasteiger partial charge in [-0.3, -0.25) is 19.4 Å². The fraction of sp³-hybridized carbons (Fsp3) is 0.652. The van der Waals surface area contributed by atoms with Crippen molar-refractivity contribution in [1.29, 1.82) is 0 Å². The molecule has 0 aliphatic carbocycles. The second-order valence-electron chi connectivity index (χ2n) is 8.75. The minimum Gasteiger partial charge on any atom is -0.381 e. The van der Waals surface area contributed by atoms with Gasteiger partial charge in [0, 0.05) is 57.4 Å². The lowest BCUT2D eigenvalue weighted by Gasteiger charge is -2.37. The summed E-state index contributed by atoms with van der Waals surface area (Å²) in [5.74, 6) is 0.210. The van der Waals surface area contributed by atoms with Crippen LogP contribution in [0.3, 0.4) is 0 Å². The van der Waals surface area contributed by atoms with E-state index in [-0.39, 0.29) is 29.9 Å². The maximum Gasteiger partial charge on any atom is 0.239 e. The molecule has 7 heteroatoms. The molecule has 1 aromatic rings. The van der Waals surface area contributed by atoms with Gasteiger partial charge in [0.15, 0.2) is 0 Å². The number of likely N-dealkylation sites (N-methyl/N-ethyl adjacent to an activating group) is 1. The van der Waals surface area contributed by atoms with Crippen molar-refractivity contribution in [2.45, 2.75) is 62.8 Å². The Hall–Kier alpha value is -1.96. The van der Waals surface area contributed by atoms with Gasteiger partial charge in [0.2, 0.25) is 11.8 Å². The van der Waals surface area contributed by atoms with E-state index in [4.69, 9.17) is 4.74 Å². The zero-order valence-corrected chi connectivity index (χ0v) is 17.9. The predicted molar refractivity (Wildman–Crippen MR) is 115 cm³/mol. The second kappa shape index (κ2) is 9.90. The number of nitrogens with zero attached hydrogens (tertiary/aromatic N) is 2. The van der Waals surface area contributed by atoms with Crippen LogP contribution < -0.4 is 10.6 Å². The zero-order chi connectivity index (χ0) is 20.9. The molecule has 3 fully saturated rings. The third-order valence-electron chi connectivity index (χ3n) is 6.98. The molecule has 4 rings (SSSR count). The Morgan fingerprint density at radius 2 is 1.97 bits per heavy atom. The molecule has 164 valence electrons. The van der Waals surface area contributed by atoms with Gasteiger partial charge in [-0.25, -0.2) is 0 Å². The van der Waals surface area contributed by atoms with Crippen molar-refractivity contribution >= 4 is 11.8 Å². The van der Waals surface area contributed by atoms with Gasteiger partial charge in [-0.2, -0.15) is 0 Å². The smallest absolute Gasteiger partial charge is 0.239 e. The molecule has 0 spiro atoms. The molecule has 3 heterocycles. The number of likely N-dealkylation sites (tertiary alicyclic amines) is 1. The fourth-order valence-electron chi connectivity index (χ4n) is 5.20. The van der Waals surface area contributed by atoms with E-state index in [0.29, 0.717) is 25.6 Å². The van der Waals surface area contributed by atoms with E-state index in [0.717, 1.165) is 51.0 Å². The number of nitrogens with one attached hydrogen (secondary N) is 2. The van der Waals surface area contributed by atoms with Crippen LogP contribution in [0.2, 0.25) is 0 Å². The van der Waals surface area contributed by atoms with Crippen molar-refractivity contribution in [3.63, 3.8) is 0 Å². The molecule has 3 aliphatic heterocycles. The van der Waals surface area contributed by atoms with Crippen molar-refractivity contribution in [3.8, 4) is 0 Å². The quantitative estimate of drug-likeness (QED) is 0.730. The Morgan fingerprint density at radius 3 is 2.73 bits per heavy atom. The van der Waals surface area contributed by atoms with Crippen molar-refractivity contribution in [2.75, 3.05) is 33.4 Å². The molecule has 3 atom stereocenters. The molecule has 2 N–H and O–H groups in total. The molecule has 2 amide bonds. The maximum absolute atomic E-state index is 12.9. The predicted octanol–water partition coefficient (Wildman–Crippen LogP) is 1.14. The zero-order valence-electron chi connectivity index (χ0n) is 17.9. The number of carbonyl (C=O) groups is 2. The van der Waals surface area contributed by atoms with E-state index in [1.807, 2.05) is 30.3 Å². The molecule has 3 aliphatic rings. The SMILES string of the molecule is CN1[C@@H](CCC(=O)NCc2ccccc2)CNC(=O)[C@@H]2[C@@H]1CCN2C1CCOCC1. The van der Waals surface area contributed by atoms with E-state index in [1.165, 1.54) is 0 Å². The number of benzene rings is 1. The first-order valence-electron chi connectivity index (χ1n) is 11.3. The fourth-order valence-corrected chi connectivity index (χ4v) is 5.20. The van der Waals surface area contributed by atoms with E-state index in [1.54, 1.807) is 0 Å². The van der Waals surface area contributed by atoms with Crippen LogP contribution in [0, 0.1) is 0 Å². The minimum atomic E-state index is -0.0880. The summed E-state index contributed by atoms with van der Waals surface area (Å²) in [6, 6.07) is 10.7. The van der Waals surface area contributed by atoms with E-state index in [2.05, 4.69) is 27.5 Å². The molecular formula is C23H34N4O3. The number of amides is 2. The number of carbonyl (C=O) groups excluding carboxylic acids is 2. The van der Waals surface area contributed by atoms with Gasteiger partial charge in [-0.1, -0.05) is 30.3 Å². The second-order valence-corrected chi connectivity index (χ2v) is 8.75. The average molecular weight is 415 g/mol. The van der Waals surface area contributed by atoms with Crippen LogP contribution in [-0.2, 0) is 20.9 Å². The van der Waals surface area contributed by atoms with Crippen molar-refractivity contribution in [3.05, 3.63) is 35.9 Å². The van der Waals surface area contributed by atoms with Crippen LogP contribution in [0.15, 0.2) is 30.3 Å². The van der Waals surface area contributed by atoms with E-state index < -0.39 is 0 Å². The molecular weight excluding hydrogens is 380 g/mol. The summed E-state index contributed by atoms with van der Waals surface area (Å²) in [6.45, 7) is 3.70. The largest absolute Gasteiger partial charge is 0.381 e. The minimum absolute atomic E-state index is 0.0645. The van der Waals surface area contributed by atoms with Crippen molar-refractivity contribution < 1.29 is 14.3 Å². The number of rotatable bonds is 6. The van der Waals surface area contributed by atoms with Gasteiger partial charge < -0.3 is 15.4 Å². The molecule has 30 heavy (non-hydrogen) atoms. The van der Waals surface area contributed by atoms with Gasteiger partial charge in [0.05, 0.1) is 0 Å². The Kier molecular flexibility index (Phi) is 7.02. The van der Waals surface area contributed by atoms with Crippen LogP contribution in [0.25, 0.3) is 0 Å². The summed E-state index contributed by atoms with van der Waals surface area (Å²) >= 11 is 0. The summed E-state index contributed by atoms with van der Waals surface area (Å²) in [6.07, 6.45) is 4.23. The van der Waals surface area contributed by atoms with E-state index in [9.17, 15) is 9.59 Å². The average Bonchev–Trinajstić information content (AvgIpc) is 3.19. The highest BCUT2D eigenvalue weighted by Gasteiger charge is 2.47. The Morgan fingerprint density at radius 1 is 1.20 bits per heavy atom. The number of hydrogen-bond acceptors (Lipinski definition) is 5. The van der Waals surface area contributed by atoms with Crippen molar-refractivity contribution in [1.82, 2.24) is 20.4 Å². The van der Waals surface area contributed by atoms with Crippen LogP contribution in [-0.4, -0.2) is 79.1 Å². The maximum atomic E-state index is 12.9. The molecule has 0 aromatic heterocycles. The first-order chi connectivity index (χ1) is 14.6. The standard InChI is InChI=1S/C23H34N4O3/c1-26-19(7-8-21(28)24-15-17-5-3-2-4-6-17)16-25-23(29)22-20(26)9-12-27(22)18-10-13-30-14-11-18/h2-6,18-20,22H,7-16H2,1H3,(H,24,28)(H,25,29)/t19-,20-,22-/m0/s1. The van der Waals surface area contributed by atoms with Gasteiger partial charge in [-0.15, -0.1) is 0 Å². The normalized spacial score (nSPS) is 28.6. The number of fused-ring (bicyclic) bond motifs is 1. The third kappa shape index (κ3) is 4.85. The van der Waals surface area contributed by atoms with Crippen LogP contribution in [0.1, 0.15) is 37.7 Å². The Balaban J connectivity index is 1.31. The first-order valence-corrected chi connectivity index (χ1v) is 11.3. The van der Waals surface area contributed by atoms with Crippen LogP contribution in [0.5, 0.6) is 0 Å². The summed E-state index contributed by atoms with van der Waals surface area (Å²) in [5.41, 5.74) is 1.10. The van der Waals surface area contributed by atoms with E-state index >= 15 is 0 Å². The lowest BCUT2D eigenvalue weighted by molar-refractivity contribution is -0.127. The van der Waals surface area contributed by atoms with Gasteiger partial charge in [0.25, 0.3) is 0 Å². The molecule has 1 aromatic carbocycles. The number of ether oxygens (including phenoxy) is 1. The van der Waals surface area contributed by atoms with Crippen molar-refractivity contribution in [2.24, 2.45) is 0 Å². The summed E-state index contributed by atoms with van der Waals surface area (Å²) in [7, 11) is 2.12. The molecule has 3 saturated heterocycles. The molecule has 0 saturated carbocycles. The van der Waals surface area contributed by atoms with Gasteiger partial charge >= 0.3 is 0 Å². The highest BCUT2D eigenvalue weighted by Crippen LogP contribution is 2.31. The van der Waals surface area contributed by atoms with Gasteiger partial charge in [-0.05, 0) is 38.3 Å². The Bertz CT molecular complexity index is 722. The highest BCUT2D eigenvalue weighted by molar-refractivity contribution is 5.83. The third-order valence-corrected chi connectivity index (χ3v) is 6.98. The highest BCUT2D eigenvalue weighted by atomic mass is 16.5. The number of hydrogen-bond donors (Lipinski definition) is 2. The van der Waals surface area contributed by atoms with Crippen LogP contribution in [0.4, 0.5) is 0 Å². The molecule has 0 radical (unpaired) electrons. The monoisotopic (exact) mass is 414 g/mol. The lowest BCUT2D eigenvalue weighted by atomic mass is 10.0. The summed E-state index contributed by atoms with van der Waals surface area (Å²) in [4.78, 5) is 30.1. The Labute approximate surface area is 179 Å². The molecule has 0 unspecified atom stereocenters. The first kappa shape index (κ1) is 21.3. The lowest BCUT2D eigenvalue weighted by Crippen LogP contribution is -2.53. The molecule has 7 nitrogen and oxygen atoms in total.